The lowest BCUT2D eigenvalue weighted by molar-refractivity contribution is 0.0746. The van der Waals surface area contributed by atoms with Gasteiger partial charge in [-0.1, -0.05) is 0 Å². The first-order valence-electron chi connectivity index (χ1n) is 10.7. The fourth-order valence-electron chi connectivity index (χ4n) is 3.57. The van der Waals surface area contributed by atoms with E-state index in [1.54, 1.807) is 24.5 Å². The summed E-state index contributed by atoms with van der Waals surface area (Å²) >= 11 is 0. The van der Waals surface area contributed by atoms with E-state index in [0.29, 0.717) is 55.9 Å². The quantitative estimate of drug-likeness (QED) is 0.634. The number of pyridine rings is 2. The summed E-state index contributed by atoms with van der Waals surface area (Å²) in [6, 6.07) is 9.33. The number of aryl methyl sites for hydroxylation is 2. The number of anilines is 3. The van der Waals surface area contributed by atoms with E-state index in [-0.39, 0.29) is 5.91 Å². The second-order valence-electron chi connectivity index (χ2n) is 7.60. The van der Waals surface area contributed by atoms with Crippen molar-refractivity contribution in [2.75, 3.05) is 43.0 Å². The zero-order chi connectivity index (χ0) is 22.5. The van der Waals surface area contributed by atoms with E-state index in [2.05, 4.69) is 30.2 Å². The van der Waals surface area contributed by atoms with Crippen LogP contribution < -0.4 is 15.0 Å². The van der Waals surface area contributed by atoms with Gasteiger partial charge in [0, 0.05) is 50.7 Å². The van der Waals surface area contributed by atoms with Gasteiger partial charge >= 0.3 is 0 Å². The zero-order valence-corrected chi connectivity index (χ0v) is 18.6. The van der Waals surface area contributed by atoms with Crippen LogP contribution in [0.5, 0.6) is 5.88 Å². The monoisotopic (exact) mass is 433 g/mol. The maximum Gasteiger partial charge on any atom is 0.255 e. The number of hydrogen-bond acceptors (Lipinski definition) is 8. The fraction of sp³-hybridized carbons (Fsp3) is 0.348. The molecule has 3 aromatic heterocycles. The number of ether oxygens (including phenoxy) is 1. The SMILES string of the molecule is CCOc1ccc(C(=O)N2CCN(c3cc(Nc4cc(C)ccn4)nc(C)n3)CC2)cn1. The second-order valence-corrected chi connectivity index (χ2v) is 7.60. The summed E-state index contributed by atoms with van der Waals surface area (Å²) < 4.78 is 5.35. The summed E-state index contributed by atoms with van der Waals surface area (Å²) in [5.41, 5.74) is 1.69. The smallest absolute Gasteiger partial charge is 0.255 e. The van der Waals surface area contributed by atoms with E-state index in [0.717, 1.165) is 17.2 Å². The molecule has 9 nitrogen and oxygen atoms in total. The average Bonchev–Trinajstić information content (AvgIpc) is 2.79. The molecule has 1 aliphatic heterocycles. The van der Waals surface area contributed by atoms with Gasteiger partial charge < -0.3 is 19.9 Å². The minimum Gasteiger partial charge on any atom is -0.478 e. The molecule has 1 N–H and O–H groups in total. The Morgan fingerprint density at radius 2 is 1.84 bits per heavy atom. The lowest BCUT2D eigenvalue weighted by atomic mass is 10.2. The van der Waals surface area contributed by atoms with Crippen LogP contribution in [0.1, 0.15) is 28.7 Å². The zero-order valence-electron chi connectivity index (χ0n) is 18.6. The van der Waals surface area contributed by atoms with Gasteiger partial charge in [-0.3, -0.25) is 4.79 Å². The van der Waals surface area contributed by atoms with Crippen molar-refractivity contribution in [1.29, 1.82) is 0 Å². The standard InChI is InChI=1S/C23H27N7O2/c1-4-32-22-6-5-18(15-25-22)23(31)30-11-9-29(10-12-30)21-14-20(26-17(3)27-21)28-19-13-16(2)7-8-24-19/h5-8,13-15H,4,9-12H2,1-3H3,(H,24,26,27,28). The Hall–Kier alpha value is -3.75. The van der Waals surface area contributed by atoms with E-state index in [1.165, 1.54) is 0 Å². The number of hydrogen-bond donors (Lipinski definition) is 1. The van der Waals surface area contributed by atoms with Crippen LogP contribution in [0.2, 0.25) is 0 Å². The fourth-order valence-corrected chi connectivity index (χ4v) is 3.57. The minimum absolute atomic E-state index is 0.0213. The molecular formula is C23H27N7O2. The number of carbonyl (C=O) groups excluding carboxylic acids is 1. The Balaban J connectivity index is 1.40. The highest BCUT2D eigenvalue weighted by atomic mass is 16.5. The van der Waals surface area contributed by atoms with Crippen molar-refractivity contribution in [1.82, 2.24) is 24.8 Å². The molecule has 9 heteroatoms. The number of rotatable bonds is 6. The van der Waals surface area contributed by atoms with Crippen molar-refractivity contribution in [2.24, 2.45) is 0 Å². The Morgan fingerprint density at radius 1 is 1.03 bits per heavy atom. The van der Waals surface area contributed by atoms with Gasteiger partial charge in [0.1, 0.15) is 23.3 Å². The van der Waals surface area contributed by atoms with Crippen LogP contribution in [0, 0.1) is 13.8 Å². The molecule has 0 aliphatic carbocycles. The van der Waals surface area contributed by atoms with E-state index in [9.17, 15) is 4.79 Å². The van der Waals surface area contributed by atoms with Gasteiger partial charge in [0.25, 0.3) is 5.91 Å². The lowest BCUT2D eigenvalue weighted by Crippen LogP contribution is -2.49. The van der Waals surface area contributed by atoms with E-state index in [4.69, 9.17) is 4.74 Å². The van der Waals surface area contributed by atoms with Gasteiger partial charge in [0.2, 0.25) is 5.88 Å². The topological polar surface area (TPSA) is 96.4 Å². The van der Waals surface area contributed by atoms with E-state index >= 15 is 0 Å². The van der Waals surface area contributed by atoms with Gasteiger partial charge in [-0.05, 0) is 44.5 Å². The van der Waals surface area contributed by atoms with Crippen molar-refractivity contribution < 1.29 is 9.53 Å². The summed E-state index contributed by atoms with van der Waals surface area (Å²) in [6.45, 7) is 8.93. The Kier molecular flexibility index (Phi) is 6.44. The molecule has 0 unspecified atom stereocenters. The van der Waals surface area contributed by atoms with Crippen molar-refractivity contribution in [3.63, 3.8) is 0 Å². The van der Waals surface area contributed by atoms with Crippen molar-refractivity contribution in [3.8, 4) is 5.88 Å². The lowest BCUT2D eigenvalue weighted by Gasteiger charge is -2.35. The Labute approximate surface area is 187 Å². The molecule has 1 aliphatic rings. The van der Waals surface area contributed by atoms with E-state index in [1.807, 2.05) is 43.9 Å². The van der Waals surface area contributed by atoms with Gasteiger partial charge in [-0.25, -0.2) is 19.9 Å². The van der Waals surface area contributed by atoms with Crippen LogP contribution in [0.15, 0.2) is 42.7 Å². The van der Waals surface area contributed by atoms with Crippen molar-refractivity contribution >= 4 is 23.4 Å². The highest BCUT2D eigenvalue weighted by Crippen LogP contribution is 2.21. The molecular weight excluding hydrogens is 406 g/mol. The van der Waals surface area contributed by atoms with Gasteiger partial charge in [0.15, 0.2) is 0 Å². The van der Waals surface area contributed by atoms with Gasteiger partial charge in [0.05, 0.1) is 12.2 Å². The average molecular weight is 434 g/mol. The number of piperazine rings is 1. The predicted molar refractivity (Wildman–Crippen MR) is 123 cm³/mol. The number of aromatic nitrogens is 4. The van der Waals surface area contributed by atoms with Crippen LogP contribution in [0.4, 0.5) is 17.5 Å². The molecule has 1 amide bonds. The predicted octanol–water partition coefficient (Wildman–Crippen LogP) is 2.99. The molecule has 32 heavy (non-hydrogen) atoms. The summed E-state index contributed by atoms with van der Waals surface area (Å²) in [7, 11) is 0. The normalized spacial score (nSPS) is 13.7. The molecule has 0 aromatic carbocycles. The molecule has 0 atom stereocenters. The van der Waals surface area contributed by atoms with Gasteiger partial charge in [-0.2, -0.15) is 0 Å². The molecule has 1 saturated heterocycles. The van der Waals surface area contributed by atoms with Gasteiger partial charge in [-0.15, -0.1) is 0 Å². The van der Waals surface area contributed by atoms with Crippen LogP contribution >= 0.6 is 0 Å². The molecule has 166 valence electrons. The molecule has 0 radical (unpaired) electrons. The summed E-state index contributed by atoms with van der Waals surface area (Å²) in [4.78, 5) is 34.5. The molecule has 4 rings (SSSR count). The third-order valence-electron chi connectivity index (χ3n) is 5.16. The molecule has 0 spiro atoms. The number of carbonyl (C=O) groups is 1. The first-order valence-corrected chi connectivity index (χ1v) is 10.7. The Morgan fingerprint density at radius 3 is 2.53 bits per heavy atom. The second kappa shape index (κ2) is 9.59. The Bertz CT molecular complexity index is 1080. The number of nitrogens with one attached hydrogen (secondary N) is 1. The van der Waals surface area contributed by atoms with Crippen LogP contribution in [-0.2, 0) is 0 Å². The third-order valence-corrected chi connectivity index (χ3v) is 5.16. The van der Waals surface area contributed by atoms with Crippen LogP contribution in [-0.4, -0.2) is 63.5 Å². The highest BCUT2D eigenvalue weighted by Gasteiger charge is 2.23. The number of nitrogens with zero attached hydrogens (tertiary/aromatic N) is 6. The summed E-state index contributed by atoms with van der Waals surface area (Å²) in [5, 5.41) is 3.26. The largest absolute Gasteiger partial charge is 0.478 e. The molecule has 0 saturated carbocycles. The summed E-state index contributed by atoms with van der Waals surface area (Å²) in [5.74, 6) is 3.46. The van der Waals surface area contributed by atoms with Crippen LogP contribution in [0.3, 0.4) is 0 Å². The maximum atomic E-state index is 12.8. The van der Waals surface area contributed by atoms with Crippen molar-refractivity contribution in [3.05, 3.63) is 59.7 Å². The summed E-state index contributed by atoms with van der Waals surface area (Å²) in [6.07, 6.45) is 3.34. The first kappa shape index (κ1) is 21.5. The molecule has 4 heterocycles. The maximum absolute atomic E-state index is 12.8. The molecule has 1 fully saturated rings. The molecule has 3 aromatic rings. The third kappa shape index (κ3) is 5.11. The highest BCUT2D eigenvalue weighted by molar-refractivity contribution is 5.94. The van der Waals surface area contributed by atoms with Crippen molar-refractivity contribution in [2.45, 2.75) is 20.8 Å². The molecule has 0 bridgehead atoms. The van der Waals surface area contributed by atoms with E-state index < -0.39 is 0 Å². The minimum atomic E-state index is -0.0213. The number of amides is 1. The van der Waals surface area contributed by atoms with Crippen LogP contribution in [0.25, 0.3) is 0 Å². The first-order chi connectivity index (χ1) is 15.5.